The second kappa shape index (κ2) is 5.41. The number of benzene rings is 2. The van der Waals surface area contributed by atoms with E-state index in [1.54, 1.807) is 0 Å². The number of halogens is 1. The highest BCUT2D eigenvalue weighted by Crippen LogP contribution is 2.29. The van der Waals surface area contributed by atoms with Crippen molar-refractivity contribution in [1.82, 2.24) is 9.97 Å². The molecular weight excluding hydrogens is 330 g/mol. The van der Waals surface area contributed by atoms with Gasteiger partial charge in [0.05, 0.1) is 16.7 Å². The lowest BCUT2D eigenvalue weighted by atomic mass is 10.1. The van der Waals surface area contributed by atoms with Crippen LogP contribution in [0.4, 0.5) is 5.69 Å². The molecule has 108 valence electrons. The topological polar surface area (TPSA) is 60.7 Å². The Bertz CT molecular complexity index is 833. The molecule has 0 aliphatic carbocycles. The first-order chi connectivity index (χ1) is 10.0. The second-order valence-corrected chi connectivity index (χ2v) is 6.09. The van der Waals surface area contributed by atoms with Crippen LogP contribution in [0.3, 0.4) is 0 Å². The van der Waals surface area contributed by atoms with E-state index < -0.39 is 0 Å². The van der Waals surface area contributed by atoms with Crippen molar-refractivity contribution in [1.29, 1.82) is 0 Å². The third-order valence-electron chi connectivity index (χ3n) is 3.55. The number of hydrogen-bond acceptors (Lipinski definition) is 2. The van der Waals surface area contributed by atoms with Gasteiger partial charge in [0.15, 0.2) is 0 Å². The van der Waals surface area contributed by atoms with Crippen molar-refractivity contribution in [3.05, 3.63) is 62.5 Å². The lowest BCUT2D eigenvalue weighted by Gasteiger charge is -2.17. The average Bonchev–Trinajstić information content (AvgIpc) is 2.79. The Morgan fingerprint density at radius 2 is 1.71 bits per heavy atom. The highest BCUT2D eigenvalue weighted by molar-refractivity contribution is 9.10. The van der Waals surface area contributed by atoms with Gasteiger partial charge in [0.2, 0.25) is 0 Å². The van der Waals surface area contributed by atoms with Gasteiger partial charge in [-0.25, -0.2) is 4.79 Å². The second-order valence-electron chi connectivity index (χ2n) is 5.23. The number of aromatic amines is 2. The van der Waals surface area contributed by atoms with E-state index in [9.17, 15) is 4.79 Å². The van der Waals surface area contributed by atoms with Crippen LogP contribution in [-0.4, -0.2) is 9.97 Å². The third-order valence-corrected chi connectivity index (χ3v) is 4.21. The standard InChI is InChI=1S/C16H16BrN3O/c1-9-3-5-11(6-4-9)10(2)18-13-8-15-14(7-12(13)17)19-16(21)20-15/h3-8,10,18H,1-2H3,(H2,19,20,21). The molecule has 3 aromatic rings. The van der Waals surface area contributed by atoms with Crippen LogP contribution < -0.4 is 11.0 Å². The van der Waals surface area contributed by atoms with Crippen LogP contribution in [0.2, 0.25) is 0 Å². The Morgan fingerprint density at radius 3 is 2.38 bits per heavy atom. The number of imidazole rings is 1. The van der Waals surface area contributed by atoms with Gasteiger partial charge in [-0.3, -0.25) is 0 Å². The van der Waals surface area contributed by atoms with Gasteiger partial charge in [0.25, 0.3) is 0 Å². The molecule has 0 fully saturated rings. The van der Waals surface area contributed by atoms with Crippen LogP contribution in [0.5, 0.6) is 0 Å². The summed E-state index contributed by atoms with van der Waals surface area (Å²) >= 11 is 3.54. The highest BCUT2D eigenvalue weighted by atomic mass is 79.9. The molecule has 1 unspecified atom stereocenters. The molecule has 21 heavy (non-hydrogen) atoms. The Kier molecular flexibility index (Phi) is 3.59. The fourth-order valence-electron chi connectivity index (χ4n) is 2.34. The number of anilines is 1. The van der Waals surface area contributed by atoms with Crippen molar-refractivity contribution in [3.8, 4) is 0 Å². The van der Waals surface area contributed by atoms with E-state index in [4.69, 9.17) is 0 Å². The zero-order valence-electron chi connectivity index (χ0n) is 11.8. The molecule has 0 bridgehead atoms. The Labute approximate surface area is 130 Å². The lowest BCUT2D eigenvalue weighted by Crippen LogP contribution is -2.07. The molecule has 3 rings (SSSR count). The summed E-state index contributed by atoms with van der Waals surface area (Å²) in [6.45, 7) is 4.19. The maximum Gasteiger partial charge on any atom is 0.323 e. The molecule has 0 saturated heterocycles. The Morgan fingerprint density at radius 1 is 1.10 bits per heavy atom. The van der Waals surface area contributed by atoms with Crippen LogP contribution in [0.1, 0.15) is 24.1 Å². The van der Waals surface area contributed by atoms with E-state index in [-0.39, 0.29) is 11.7 Å². The molecule has 1 aromatic heterocycles. The minimum atomic E-state index is -0.194. The zero-order chi connectivity index (χ0) is 15.0. The van der Waals surface area contributed by atoms with Crippen molar-refractivity contribution in [3.63, 3.8) is 0 Å². The predicted octanol–water partition coefficient (Wildman–Crippen LogP) is 4.10. The predicted molar refractivity (Wildman–Crippen MR) is 89.8 cm³/mol. The van der Waals surface area contributed by atoms with Gasteiger partial charge in [0, 0.05) is 10.5 Å². The smallest absolute Gasteiger partial charge is 0.323 e. The highest BCUT2D eigenvalue weighted by Gasteiger charge is 2.10. The van der Waals surface area contributed by atoms with Crippen LogP contribution >= 0.6 is 15.9 Å². The van der Waals surface area contributed by atoms with Crippen LogP contribution in [-0.2, 0) is 0 Å². The SMILES string of the molecule is Cc1ccc(C(C)Nc2cc3[nH]c(=O)[nH]c3cc2Br)cc1. The van der Waals surface area contributed by atoms with Gasteiger partial charge < -0.3 is 15.3 Å². The molecule has 0 spiro atoms. The number of nitrogens with one attached hydrogen (secondary N) is 3. The largest absolute Gasteiger partial charge is 0.378 e. The van der Waals surface area contributed by atoms with Crippen LogP contribution in [0, 0.1) is 6.92 Å². The third kappa shape index (κ3) is 2.88. The van der Waals surface area contributed by atoms with E-state index in [1.165, 1.54) is 11.1 Å². The molecule has 2 aromatic carbocycles. The summed E-state index contributed by atoms with van der Waals surface area (Å²) < 4.78 is 0.921. The summed E-state index contributed by atoms with van der Waals surface area (Å²) in [5.41, 5.74) is 4.81. The summed E-state index contributed by atoms with van der Waals surface area (Å²) in [7, 11) is 0. The molecule has 1 heterocycles. The fourth-order valence-corrected chi connectivity index (χ4v) is 2.80. The summed E-state index contributed by atoms with van der Waals surface area (Å²) in [6, 6.07) is 12.5. The maximum atomic E-state index is 11.3. The number of rotatable bonds is 3. The van der Waals surface area contributed by atoms with Gasteiger partial charge in [0.1, 0.15) is 0 Å². The van der Waals surface area contributed by atoms with E-state index >= 15 is 0 Å². The molecular formula is C16H16BrN3O. The van der Waals surface area contributed by atoms with E-state index in [2.05, 4.69) is 69.3 Å². The zero-order valence-corrected chi connectivity index (χ0v) is 13.4. The molecule has 5 heteroatoms. The summed E-state index contributed by atoms with van der Waals surface area (Å²) in [5, 5.41) is 3.46. The van der Waals surface area contributed by atoms with E-state index in [0.29, 0.717) is 0 Å². The van der Waals surface area contributed by atoms with Gasteiger partial charge >= 0.3 is 5.69 Å². The number of hydrogen-bond donors (Lipinski definition) is 3. The number of aromatic nitrogens is 2. The summed E-state index contributed by atoms with van der Waals surface area (Å²) in [6.07, 6.45) is 0. The van der Waals surface area contributed by atoms with Gasteiger partial charge in [-0.05, 0) is 47.5 Å². The number of H-pyrrole nitrogens is 2. The van der Waals surface area contributed by atoms with Gasteiger partial charge in [-0.1, -0.05) is 29.8 Å². The van der Waals surface area contributed by atoms with Crippen molar-refractivity contribution in [2.75, 3.05) is 5.32 Å². The summed E-state index contributed by atoms with van der Waals surface area (Å²) in [5.74, 6) is 0. The normalized spacial score (nSPS) is 12.5. The number of aryl methyl sites for hydroxylation is 1. The first kappa shape index (κ1) is 13.9. The molecule has 0 aliphatic rings. The van der Waals surface area contributed by atoms with Crippen molar-refractivity contribution in [2.24, 2.45) is 0 Å². The van der Waals surface area contributed by atoms with Crippen LogP contribution in [0.25, 0.3) is 11.0 Å². The van der Waals surface area contributed by atoms with E-state index in [0.717, 1.165) is 21.2 Å². The average molecular weight is 346 g/mol. The lowest BCUT2D eigenvalue weighted by molar-refractivity contribution is 0.883. The molecule has 0 amide bonds. The van der Waals surface area contributed by atoms with Crippen molar-refractivity contribution in [2.45, 2.75) is 19.9 Å². The van der Waals surface area contributed by atoms with Crippen LogP contribution in [0.15, 0.2) is 45.7 Å². The monoisotopic (exact) mass is 345 g/mol. The minimum absolute atomic E-state index is 0.171. The van der Waals surface area contributed by atoms with Crippen molar-refractivity contribution >= 4 is 32.7 Å². The van der Waals surface area contributed by atoms with Crippen molar-refractivity contribution < 1.29 is 0 Å². The molecule has 0 saturated carbocycles. The minimum Gasteiger partial charge on any atom is -0.378 e. The fraction of sp³-hybridized carbons (Fsp3) is 0.188. The quantitative estimate of drug-likeness (QED) is 0.669. The number of fused-ring (bicyclic) bond motifs is 1. The molecule has 4 nitrogen and oxygen atoms in total. The first-order valence-electron chi connectivity index (χ1n) is 6.77. The molecule has 0 aliphatic heterocycles. The maximum absolute atomic E-state index is 11.3. The summed E-state index contributed by atoms with van der Waals surface area (Å²) in [4.78, 5) is 16.9. The Hall–Kier alpha value is -2.01. The van der Waals surface area contributed by atoms with E-state index in [1.807, 2.05) is 12.1 Å². The molecule has 0 radical (unpaired) electrons. The first-order valence-corrected chi connectivity index (χ1v) is 7.57. The van der Waals surface area contributed by atoms with Gasteiger partial charge in [-0.2, -0.15) is 0 Å². The molecule has 1 atom stereocenters. The molecule has 3 N–H and O–H groups in total. The van der Waals surface area contributed by atoms with Gasteiger partial charge in [-0.15, -0.1) is 0 Å². The Balaban J connectivity index is 1.91.